The lowest BCUT2D eigenvalue weighted by Gasteiger charge is -2.34. The molecule has 2 atom stereocenters. The van der Waals surface area contributed by atoms with Crippen molar-refractivity contribution in [1.29, 1.82) is 0 Å². The Morgan fingerprint density at radius 1 is 1.00 bits per heavy atom. The number of benzene rings is 2. The molecule has 2 fully saturated rings. The minimum Gasteiger partial charge on any atom is -0.507 e. The molecule has 4 heterocycles. The second kappa shape index (κ2) is 9.00. The molecule has 2 aromatic carbocycles. The summed E-state index contributed by atoms with van der Waals surface area (Å²) in [5, 5.41) is 14.0. The number of fused-ring (bicyclic) bond motifs is 3. The van der Waals surface area contributed by atoms with Gasteiger partial charge in [0.2, 0.25) is 0 Å². The number of rotatable bonds is 4. The van der Waals surface area contributed by atoms with E-state index in [1.165, 1.54) is 36.4 Å². The molecule has 2 N–H and O–H groups in total. The van der Waals surface area contributed by atoms with E-state index >= 15 is 4.39 Å². The molecule has 0 aliphatic carbocycles. The van der Waals surface area contributed by atoms with Gasteiger partial charge in [0.25, 0.3) is 9.05 Å². The van der Waals surface area contributed by atoms with Gasteiger partial charge in [-0.1, -0.05) is 6.07 Å². The van der Waals surface area contributed by atoms with Crippen LogP contribution in [0.2, 0.25) is 0 Å². The number of phenols is 1. The fourth-order valence-electron chi connectivity index (χ4n) is 5.23. The number of aromatic nitrogens is 3. The first kappa shape index (κ1) is 24.7. The third kappa shape index (κ3) is 4.18. The van der Waals surface area contributed by atoms with E-state index in [9.17, 15) is 22.7 Å². The van der Waals surface area contributed by atoms with Gasteiger partial charge in [-0.25, -0.2) is 31.5 Å². The number of piperazine rings is 1. The molecule has 2 saturated heterocycles. The summed E-state index contributed by atoms with van der Waals surface area (Å²) in [4.78, 5) is 23.8. The number of halogens is 3. The van der Waals surface area contributed by atoms with E-state index in [4.69, 9.17) is 10.7 Å². The second-order valence-corrected chi connectivity index (χ2v) is 11.9. The lowest BCUT2D eigenvalue weighted by Crippen LogP contribution is -2.52. The number of hydrogen-bond donors (Lipinski definition) is 2. The van der Waals surface area contributed by atoms with E-state index in [2.05, 4.69) is 15.3 Å². The summed E-state index contributed by atoms with van der Waals surface area (Å²) in [7, 11) is 1.41. The lowest BCUT2D eigenvalue weighted by atomic mass is 10.1. The van der Waals surface area contributed by atoms with E-state index in [0.29, 0.717) is 13.1 Å². The third-order valence-electron chi connectivity index (χ3n) is 6.92. The van der Waals surface area contributed by atoms with Gasteiger partial charge in [-0.05, 0) is 55.3 Å². The highest BCUT2D eigenvalue weighted by molar-refractivity contribution is 8.13. The number of nitrogens with one attached hydrogen (secondary N) is 1. The van der Waals surface area contributed by atoms with Crippen molar-refractivity contribution in [2.24, 2.45) is 0 Å². The Morgan fingerprint density at radius 2 is 1.68 bits per heavy atom. The summed E-state index contributed by atoms with van der Waals surface area (Å²) in [5.41, 5.74) is -1.54. The van der Waals surface area contributed by atoms with Crippen LogP contribution in [0.15, 0.2) is 58.2 Å². The number of nitrogens with zero attached hydrogens (tertiary/aromatic N) is 4. The van der Waals surface area contributed by atoms with Crippen LogP contribution in [-0.2, 0) is 9.05 Å². The molecule has 2 aliphatic rings. The van der Waals surface area contributed by atoms with Crippen LogP contribution in [-0.4, -0.2) is 53.2 Å². The van der Waals surface area contributed by atoms with E-state index in [1.54, 1.807) is 0 Å². The molecule has 0 amide bonds. The van der Waals surface area contributed by atoms with E-state index in [-0.39, 0.29) is 39.5 Å². The number of pyridine rings is 1. The van der Waals surface area contributed by atoms with E-state index < -0.39 is 43.4 Å². The van der Waals surface area contributed by atoms with Crippen LogP contribution in [0.1, 0.15) is 12.8 Å². The molecule has 0 radical (unpaired) electrons. The molecule has 2 aromatic heterocycles. The maximum atomic E-state index is 15.5. The molecule has 6 rings (SSSR count). The average Bonchev–Trinajstić information content (AvgIpc) is 3.21. The highest BCUT2D eigenvalue weighted by Crippen LogP contribution is 2.36. The molecule has 2 unspecified atom stereocenters. The molecule has 0 spiro atoms. The molecule has 2 aliphatic heterocycles. The Hall–Kier alpha value is -3.61. The Morgan fingerprint density at radius 3 is 2.32 bits per heavy atom. The zero-order chi connectivity index (χ0) is 26.8. The van der Waals surface area contributed by atoms with Crippen molar-refractivity contribution in [1.82, 2.24) is 19.9 Å². The van der Waals surface area contributed by atoms with Gasteiger partial charge in [0, 0.05) is 35.9 Å². The Labute approximate surface area is 219 Å². The van der Waals surface area contributed by atoms with Crippen LogP contribution in [0.4, 0.5) is 14.6 Å². The van der Waals surface area contributed by atoms with E-state index in [1.807, 2.05) is 4.90 Å². The first-order valence-corrected chi connectivity index (χ1v) is 14.1. The summed E-state index contributed by atoms with van der Waals surface area (Å²) in [6.45, 7) is 1.11. The molecule has 2 bridgehead atoms. The second-order valence-electron chi connectivity index (χ2n) is 9.35. The number of aromatic hydroxyl groups is 1. The summed E-state index contributed by atoms with van der Waals surface area (Å²) < 4.78 is 54.7. The zero-order valence-electron chi connectivity index (χ0n) is 19.6. The smallest absolute Gasteiger partial charge is 0.355 e. The summed E-state index contributed by atoms with van der Waals surface area (Å²) >= 11 is 0. The van der Waals surface area contributed by atoms with Crippen molar-refractivity contribution in [3.05, 3.63) is 70.6 Å². The third-order valence-corrected chi connectivity index (χ3v) is 8.29. The van der Waals surface area contributed by atoms with Crippen LogP contribution in [0, 0.1) is 11.6 Å². The number of phenolic OH excluding ortho intramolecular Hbond substituents is 1. The number of hydrogen-bond acceptors (Lipinski definition) is 8. The van der Waals surface area contributed by atoms with Gasteiger partial charge in [0.15, 0.2) is 11.5 Å². The first-order valence-electron chi connectivity index (χ1n) is 11.8. The van der Waals surface area contributed by atoms with Gasteiger partial charge in [0.1, 0.15) is 23.1 Å². The summed E-state index contributed by atoms with van der Waals surface area (Å²) in [6, 6.07) is 10.2. The highest BCUT2D eigenvalue weighted by Gasteiger charge is 2.34. The minimum atomic E-state index is -4.02. The molecule has 4 aromatic rings. The van der Waals surface area contributed by atoms with Crippen LogP contribution in [0.5, 0.6) is 5.75 Å². The van der Waals surface area contributed by atoms with Gasteiger partial charge in [-0.15, -0.1) is 0 Å². The predicted octanol–water partition coefficient (Wildman–Crippen LogP) is 3.30. The quantitative estimate of drug-likeness (QED) is 0.366. The number of anilines is 1. The van der Waals surface area contributed by atoms with Gasteiger partial charge >= 0.3 is 5.69 Å². The van der Waals surface area contributed by atoms with Gasteiger partial charge < -0.3 is 15.3 Å². The molecule has 9 nitrogen and oxygen atoms in total. The first-order chi connectivity index (χ1) is 18.1. The molecular weight excluding hydrogens is 540 g/mol. The summed E-state index contributed by atoms with van der Waals surface area (Å²) in [5.74, 6) is -2.08. The molecular formula is C25H20ClF2N5O4S. The van der Waals surface area contributed by atoms with Gasteiger partial charge in [0.05, 0.1) is 21.5 Å². The van der Waals surface area contributed by atoms with Gasteiger partial charge in [-0.2, -0.15) is 4.98 Å². The normalized spacial score (nSPS) is 19.3. The lowest BCUT2D eigenvalue weighted by molar-refractivity contribution is 0.463. The Kier molecular flexibility index (Phi) is 5.85. The predicted molar refractivity (Wildman–Crippen MR) is 137 cm³/mol. The largest absolute Gasteiger partial charge is 0.507 e. The molecule has 38 heavy (non-hydrogen) atoms. The van der Waals surface area contributed by atoms with Gasteiger partial charge in [-0.3, -0.25) is 0 Å². The van der Waals surface area contributed by atoms with Crippen molar-refractivity contribution in [3.8, 4) is 22.7 Å². The van der Waals surface area contributed by atoms with Crippen molar-refractivity contribution < 1.29 is 22.3 Å². The van der Waals surface area contributed by atoms with Crippen molar-refractivity contribution in [2.75, 3.05) is 18.0 Å². The average molecular weight is 560 g/mol. The SMILES string of the molecule is O=c1nc(N2CC3CCC(C2)N3)c2cc(F)c(-c3c(O)cccc3F)nc2n1-c1ccc(S(=O)(=O)Cl)cc1. The zero-order valence-corrected chi connectivity index (χ0v) is 21.2. The highest BCUT2D eigenvalue weighted by atomic mass is 35.7. The van der Waals surface area contributed by atoms with Crippen LogP contribution in [0.25, 0.3) is 28.0 Å². The Balaban J connectivity index is 1.62. The van der Waals surface area contributed by atoms with Crippen molar-refractivity contribution in [2.45, 2.75) is 29.8 Å². The van der Waals surface area contributed by atoms with E-state index in [0.717, 1.165) is 29.5 Å². The monoisotopic (exact) mass is 559 g/mol. The molecule has 196 valence electrons. The maximum absolute atomic E-state index is 15.5. The van der Waals surface area contributed by atoms with Crippen molar-refractivity contribution >= 4 is 36.6 Å². The molecule has 0 saturated carbocycles. The van der Waals surface area contributed by atoms with Crippen LogP contribution >= 0.6 is 10.7 Å². The maximum Gasteiger partial charge on any atom is 0.355 e. The molecule has 13 heteroatoms. The standard InChI is InChI=1S/C25H20ClF2N5O4S/c26-38(36,37)16-8-6-15(7-9-16)33-24-17(10-19(28)22(30-24)21-18(27)2-1-3-20(21)34)23(31-25(33)35)32-11-13-4-5-14(12-32)29-13/h1-3,6-10,13-14,29,34H,4-5,11-12H2. The fourth-order valence-corrected chi connectivity index (χ4v) is 6.00. The topological polar surface area (TPSA) is 117 Å². The minimum absolute atomic E-state index is 0.0357. The Bertz CT molecular complexity index is 1730. The summed E-state index contributed by atoms with van der Waals surface area (Å²) in [6.07, 6.45) is 1.94. The van der Waals surface area contributed by atoms with Crippen molar-refractivity contribution in [3.63, 3.8) is 0 Å². The van der Waals surface area contributed by atoms with Crippen LogP contribution < -0.4 is 15.9 Å². The van der Waals surface area contributed by atoms with Crippen LogP contribution in [0.3, 0.4) is 0 Å². The fraction of sp³-hybridized carbons (Fsp3) is 0.240.